The summed E-state index contributed by atoms with van der Waals surface area (Å²) in [5.41, 5.74) is 3.52. The highest BCUT2D eigenvalue weighted by molar-refractivity contribution is 5.18. The van der Waals surface area contributed by atoms with Crippen LogP contribution in [0.25, 0.3) is 0 Å². The summed E-state index contributed by atoms with van der Waals surface area (Å²) >= 11 is 0. The molecule has 100 valence electrons. The molecule has 4 heteroatoms. The average molecular weight is 256 g/mol. The lowest BCUT2D eigenvalue weighted by molar-refractivity contribution is 0.541. The zero-order chi connectivity index (χ0) is 13.5. The van der Waals surface area contributed by atoms with Crippen molar-refractivity contribution in [2.45, 2.75) is 32.7 Å². The van der Waals surface area contributed by atoms with Crippen LogP contribution in [0.4, 0.5) is 0 Å². The van der Waals surface area contributed by atoms with Gasteiger partial charge in [0.05, 0.1) is 6.20 Å². The molecule has 0 fully saturated rings. The first-order chi connectivity index (χ1) is 9.33. The smallest absolute Gasteiger partial charge is 0.0544 e. The van der Waals surface area contributed by atoms with E-state index in [1.165, 1.54) is 5.56 Å². The van der Waals surface area contributed by atoms with Gasteiger partial charge < -0.3 is 5.32 Å². The second kappa shape index (κ2) is 6.95. The topological polar surface area (TPSA) is 50.7 Å². The Hall–Kier alpha value is -1.81. The van der Waals surface area contributed by atoms with E-state index in [2.05, 4.69) is 46.5 Å². The van der Waals surface area contributed by atoms with Crippen LogP contribution in [0.1, 0.15) is 36.7 Å². The minimum absolute atomic E-state index is 0.237. The van der Waals surface area contributed by atoms with E-state index in [0.717, 1.165) is 30.6 Å². The molecule has 0 saturated carbocycles. The van der Waals surface area contributed by atoms with E-state index in [1.54, 1.807) is 6.20 Å². The fraction of sp³-hybridized carbons (Fsp3) is 0.400. The van der Waals surface area contributed by atoms with Gasteiger partial charge in [-0.05, 0) is 36.2 Å². The largest absolute Gasteiger partial charge is 0.310 e. The van der Waals surface area contributed by atoms with E-state index < -0.39 is 0 Å². The summed E-state index contributed by atoms with van der Waals surface area (Å²) < 4.78 is 0. The first-order valence-corrected chi connectivity index (χ1v) is 6.77. The molecule has 1 unspecified atom stereocenters. The van der Waals surface area contributed by atoms with E-state index in [1.807, 2.05) is 18.5 Å². The molecule has 2 rings (SSSR count). The van der Waals surface area contributed by atoms with Gasteiger partial charge in [-0.1, -0.05) is 19.9 Å². The van der Waals surface area contributed by atoms with Gasteiger partial charge in [-0.25, -0.2) is 0 Å². The molecule has 0 aliphatic rings. The normalized spacial score (nSPS) is 12.3. The molecule has 2 aromatic rings. The predicted molar refractivity (Wildman–Crippen MR) is 75.8 cm³/mol. The summed E-state index contributed by atoms with van der Waals surface area (Å²) in [7, 11) is 0. The zero-order valence-electron chi connectivity index (χ0n) is 11.5. The lowest BCUT2D eigenvalue weighted by Gasteiger charge is -2.17. The SMILES string of the molecule is CCNC(Cc1ccc(CC)cn1)c1ccnnc1. The van der Waals surface area contributed by atoms with Crippen molar-refractivity contribution < 1.29 is 0 Å². The number of aryl methyl sites for hydroxylation is 1. The molecule has 0 aromatic carbocycles. The third-order valence-corrected chi connectivity index (χ3v) is 3.17. The van der Waals surface area contributed by atoms with E-state index in [9.17, 15) is 0 Å². The lowest BCUT2D eigenvalue weighted by Crippen LogP contribution is -2.23. The Morgan fingerprint density at radius 2 is 2.00 bits per heavy atom. The van der Waals surface area contributed by atoms with Crippen LogP contribution >= 0.6 is 0 Å². The molecule has 2 aromatic heterocycles. The summed E-state index contributed by atoms with van der Waals surface area (Å²) in [4.78, 5) is 4.52. The van der Waals surface area contributed by atoms with Crippen LogP contribution in [0.15, 0.2) is 36.8 Å². The van der Waals surface area contributed by atoms with Crippen molar-refractivity contribution in [3.05, 3.63) is 53.6 Å². The Kier molecular flexibility index (Phi) is 4.98. The average Bonchev–Trinajstić information content (AvgIpc) is 2.48. The Morgan fingerprint density at radius 1 is 1.11 bits per heavy atom. The van der Waals surface area contributed by atoms with Crippen molar-refractivity contribution >= 4 is 0 Å². The fourth-order valence-electron chi connectivity index (χ4n) is 2.06. The highest BCUT2D eigenvalue weighted by Gasteiger charge is 2.12. The van der Waals surface area contributed by atoms with Gasteiger partial charge in [-0.3, -0.25) is 4.98 Å². The van der Waals surface area contributed by atoms with Crippen LogP contribution in [-0.2, 0) is 12.8 Å². The molecule has 1 atom stereocenters. The van der Waals surface area contributed by atoms with Crippen LogP contribution in [0.2, 0.25) is 0 Å². The van der Waals surface area contributed by atoms with Crippen molar-refractivity contribution in [1.29, 1.82) is 0 Å². The molecule has 1 N–H and O–H groups in total. The van der Waals surface area contributed by atoms with Crippen LogP contribution in [0, 0.1) is 0 Å². The van der Waals surface area contributed by atoms with Gasteiger partial charge in [0.15, 0.2) is 0 Å². The molecule has 19 heavy (non-hydrogen) atoms. The number of aromatic nitrogens is 3. The summed E-state index contributed by atoms with van der Waals surface area (Å²) in [6, 6.07) is 6.50. The number of likely N-dealkylation sites (N-methyl/N-ethyl adjacent to an activating group) is 1. The third kappa shape index (κ3) is 3.83. The molecule has 0 spiro atoms. The molecular formula is C15H20N4. The number of pyridine rings is 1. The molecule has 4 nitrogen and oxygen atoms in total. The van der Waals surface area contributed by atoms with Crippen LogP contribution in [-0.4, -0.2) is 21.7 Å². The molecule has 0 radical (unpaired) electrons. The van der Waals surface area contributed by atoms with Crippen molar-refractivity contribution in [3.63, 3.8) is 0 Å². The summed E-state index contributed by atoms with van der Waals surface area (Å²) in [6.07, 6.45) is 7.39. The quantitative estimate of drug-likeness (QED) is 0.861. The Morgan fingerprint density at radius 3 is 2.58 bits per heavy atom. The first-order valence-electron chi connectivity index (χ1n) is 6.77. The second-order valence-electron chi connectivity index (χ2n) is 4.50. The minimum atomic E-state index is 0.237. The molecule has 0 amide bonds. The third-order valence-electron chi connectivity index (χ3n) is 3.17. The summed E-state index contributed by atoms with van der Waals surface area (Å²) in [5, 5.41) is 11.2. The highest BCUT2D eigenvalue weighted by atomic mass is 15.1. The van der Waals surface area contributed by atoms with Gasteiger partial charge >= 0.3 is 0 Å². The maximum atomic E-state index is 4.52. The Balaban J connectivity index is 2.11. The minimum Gasteiger partial charge on any atom is -0.310 e. The number of nitrogens with zero attached hydrogens (tertiary/aromatic N) is 3. The monoisotopic (exact) mass is 256 g/mol. The van der Waals surface area contributed by atoms with Crippen LogP contribution < -0.4 is 5.32 Å². The molecule has 0 saturated heterocycles. The van der Waals surface area contributed by atoms with E-state index in [0.29, 0.717) is 0 Å². The predicted octanol–water partition coefficient (Wildman–Crippen LogP) is 2.33. The van der Waals surface area contributed by atoms with E-state index in [-0.39, 0.29) is 6.04 Å². The van der Waals surface area contributed by atoms with Gasteiger partial charge in [0.25, 0.3) is 0 Å². The number of hydrogen-bond acceptors (Lipinski definition) is 4. The van der Waals surface area contributed by atoms with Gasteiger partial charge in [0.1, 0.15) is 0 Å². The van der Waals surface area contributed by atoms with Crippen molar-refractivity contribution in [2.24, 2.45) is 0 Å². The van der Waals surface area contributed by atoms with Crippen molar-refractivity contribution in [2.75, 3.05) is 6.54 Å². The molecule has 0 bridgehead atoms. The van der Waals surface area contributed by atoms with Crippen LogP contribution in [0.3, 0.4) is 0 Å². The van der Waals surface area contributed by atoms with Crippen LogP contribution in [0.5, 0.6) is 0 Å². The van der Waals surface area contributed by atoms with Gasteiger partial charge in [-0.15, -0.1) is 0 Å². The van der Waals surface area contributed by atoms with Gasteiger partial charge in [0, 0.05) is 30.6 Å². The first kappa shape index (κ1) is 13.6. The van der Waals surface area contributed by atoms with E-state index >= 15 is 0 Å². The number of hydrogen-bond donors (Lipinski definition) is 1. The van der Waals surface area contributed by atoms with Gasteiger partial charge in [0.2, 0.25) is 0 Å². The Labute approximate surface area is 114 Å². The molecule has 2 heterocycles. The fourth-order valence-corrected chi connectivity index (χ4v) is 2.06. The number of rotatable bonds is 6. The zero-order valence-corrected chi connectivity index (χ0v) is 11.5. The molecule has 0 aliphatic carbocycles. The maximum Gasteiger partial charge on any atom is 0.0544 e. The van der Waals surface area contributed by atoms with Crippen molar-refractivity contribution in [3.8, 4) is 0 Å². The van der Waals surface area contributed by atoms with Gasteiger partial charge in [-0.2, -0.15) is 10.2 Å². The standard InChI is InChI=1S/C15H20N4/c1-3-12-5-6-14(17-10-12)9-15(16-4-2)13-7-8-18-19-11-13/h5-8,10-11,15-16H,3-4,9H2,1-2H3. The van der Waals surface area contributed by atoms with E-state index in [4.69, 9.17) is 0 Å². The summed E-state index contributed by atoms with van der Waals surface area (Å²) in [5.74, 6) is 0. The maximum absolute atomic E-state index is 4.52. The molecule has 0 aliphatic heterocycles. The second-order valence-corrected chi connectivity index (χ2v) is 4.50. The lowest BCUT2D eigenvalue weighted by atomic mass is 10.0. The highest BCUT2D eigenvalue weighted by Crippen LogP contribution is 2.16. The summed E-state index contributed by atoms with van der Waals surface area (Å²) in [6.45, 7) is 5.16. The molecular weight excluding hydrogens is 236 g/mol. The van der Waals surface area contributed by atoms with Crippen molar-refractivity contribution in [1.82, 2.24) is 20.5 Å². The Bertz CT molecular complexity index is 481. The number of nitrogens with one attached hydrogen (secondary N) is 1.